The molecule has 33 heavy (non-hydrogen) atoms. The lowest BCUT2D eigenvalue weighted by atomic mass is 10.2. The van der Waals surface area contributed by atoms with Crippen molar-refractivity contribution in [1.82, 2.24) is 9.46 Å². The molecule has 0 bridgehead atoms. The third-order valence-electron chi connectivity index (χ3n) is 5.22. The second kappa shape index (κ2) is 9.46. The van der Waals surface area contributed by atoms with E-state index in [9.17, 15) is 17.6 Å². The number of nitrogens with one attached hydrogen (secondary N) is 1. The van der Waals surface area contributed by atoms with E-state index in [-0.39, 0.29) is 29.0 Å². The van der Waals surface area contributed by atoms with Crippen molar-refractivity contribution in [2.24, 2.45) is 0 Å². The van der Waals surface area contributed by atoms with Crippen molar-refractivity contribution in [2.45, 2.75) is 18.1 Å². The molecular formula is C22H23FN4O4S2. The third kappa shape index (κ3) is 5.00. The van der Waals surface area contributed by atoms with Gasteiger partial charge in [-0.1, -0.05) is 17.3 Å². The van der Waals surface area contributed by atoms with Crippen molar-refractivity contribution in [3.8, 4) is 0 Å². The number of aromatic nitrogens is 1. The maximum atomic E-state index is 14.0. The first-order valence-electron chi connectivity index (χ1n) is 10.3. The number of thiophene rings is 1. The monoisotopic (exact) mass is 490 g/mol. The minimum Gasteiger partial charge on any atom is -0.367 e. The molecule has 1 aliphatic rings. The molecule has 1 fully saturated rings. The Morgan fingerprint density at radius 3 is 2.58 bits per heavy atom. The highest BCUT2D eigenvalue weighted by Crippen LogP contribution is 2.29. The number of carbonyl (C=O) groups excluding carboxylic acids is 1. The van der Waals surface area contributed by atoms with Crippen LogP contribution >= 0.6 is 11.3 Å². The predicted molar refractivity (Wildman–Crippen MR) is 126 cm³/mol. The van der Waals surface area contributed by atoms with Gasteiger partial charge >= 0.3 is 0 Å². The Morgan fingerprint density at radius 1 is 1.15 bits per heavy atom. The van der Waals surface area contributed by atoms with Crippen LogP contribution in [0.3, 0.4) is 0 Å². The van der Waals surface area contributed by atoms with Crippen LogP contribution in [0.2, 0.25) is 0 Å². The number of rotatable bonds is 6. The van der Waals surface area contributed by atoms with Gasteiger partial charge in [0.15, 0.2) is 5.76 Å². The van der Waals surface area contributed by atoms with Gasteiger partial charge in [-0.25, -0.2) is 12.8 Å². The van der Waals surface area contributed by atoms with Gasteiger partial charge in [-0.15, -0.1) is 11.3 Å². The molecule has 1 amide bonds. The highest BCUT2D eigenvalue weighted by molar-refractivity contribution is 7.91. The van der Waals surface area contributed by atoms with Crippen LogP contribution in [-0.2, 0) is 14.8 Å². The summed E-state index contributed by atoms with van der Waals surface area (Å²) >= 11 is 1.14. The maximum absolute atomic E-state index is 14.0. The number of nitrogens with zero attached hydrogens (tertiary/aromatic N) is 3. The number of halogens is 1. The van der Waals surface area contributed by atoms with Gasteiger partial charge in [0.2, 0.25) is 5.91 Å². The molecule has 1 saturated heterocycles. The molecule has 0 saturated carbocycles. The Balaban J connectivity index is 1.45. The van der Waals surface area contributed by atoms with Gasteiger partial charge in [-0.3, -0.25) is 4.79 Å². The summed E-state index contributed by atoms with van der Waals surface area (Å²) in [6.45, 7) is 4.48. The minimum absolute atomic E-state index is 0.234. The summed E-state index contributed by atoms with van der Waals surface area (Å²) in [6, 6.07) is 9.78. The molecular weight excluding hydrogens is 467 g/mol. The normalized spacial score (nSPS) is 15.3. The fourth-order valence-corrected chi connectivity index (χ4v) is 6.36. The number of anilines is 2. The lowest BCUT2D eigenvalue weighted by molar-refractivity contribution is -0.114. The van der Waals surface area contributed by atoms with Crippen LogP contribution in [0.25, 0.3) is 12.2 Å². The van der Waals surface area contributed by atoms with Gasteiger partial charge < -0.3 is 14.7 Å². The standard InChI is InChI=1S/C22H23FN4O4S2/c1-15-22(24-16(2)28)20(31-25-15)9-7-17-8-10-21(32-17)33(29,30)27-13-11-26(12-14-27)19-6-4-3-5-18(19)23/h3-10H,11-14H2,1-2H3,(H,24,28)/b9-7+. The molecule has 8 nitrogen and oxygen atoms in total. The van der Waals surface area contributed by atoms with Crippen molar-refractivity contribution in [3.05, 3.63) is 58.5 Å². The van der Waals surface area contributed by atoms with E-state index in [2.05, 4.69) is 10.5 Å². The first-order valence-corrected chi connectivity index (χ1v) is 12.5. The molecule has 1 aliphatic heterocycles. The first-order chi connectivity index (χ1) is 15.8. The van der Waals surface area contributed by atoms with Crippen molar-refractivity contribution >= 4 is 50.8 Å². The van der Waals surface area contributed by atoms with E-state index in [1.165, 1.54) is 17.3 Å². The number of aryl methyl sites for hydroxylation is 1. The fraction of sp³-hybridized carbons (Fsp3) is 0.273. The van der Waals surface area contributed by atoms with Crippen molar-refractivity contribution in [3.63, 3.8) is 0 Å². The zero-order valence-corrected chi connectivity index (χ0v) is 19.7. The van der Waals surface area contributed by atoms with Gasteiger partial charge in [0.05, 0.1) is 5.69 Å². The van der Waals surface area contributed by atoms with Gasteiger partial charge in [0.1, 0.15) is 21.4 Å². The van der Waals surface area contributed by atoms with E-state index in [0.29, 0.717) is 40.8 Å². The summed E-state index contributed by atoms with van der Waals surface area (Å²) in [5.74, 6) is -0.174. The fourth-order valence-electron chi connectivity index (χ4n) is 3.55. The summed E-state index contributed by atoms with van der Waals surface area (Å²) in [5, 5.41) is 6.53. The maximum Gasteiger partial charge on any atom is 0.252 e. The van der Waals surface area contributed by atoms with E-state index in [1.807, 2.05) is 4.90 Å². The number of carbonyl (C=O) groups is 1. The van der Waals surface area contributed by atoms with E-state index in [0.717, 1.165) is 11.3 Å². The van der Waals surface area contributed by atoms with E-state index in [1.54, 1.807) is 49.4 Å². The van der Waals surface area contributed by atoms with Crippen LogP contribution < -0.4 is 10.2 Å². The molecule has 4 rings (SSSR count). The average molecular weight is 491 g/mol. The average Bonchev–Trinajstić information content (AvgIpc) is 3.40. The molecule has 0 unspecified atom stereocenters. The molecule has 0 radical (unpaired) electrons. The zero-order valence-electron chi connectivity index (χ0n) is 18.1. The molecule has 1 N–H and O–H groups in total. The number of hydrogen-bond donors (Lipinski definition) is 1. The highest BCUT2D eigenvalue weighted by Gasteiger charge is 2.30. The SMILES string of the molecule is CC(=O)Nc1c(C)noc1/C=C/c1ccc(S(=O)(=O)N2CCN(c3ccccc3F)CC2)s1. The topological polar surface area (TPSA) is 95.8 Å². The molecule has 2 aromatic heterocycles. The van der Waals surface area contributed by atoms with Crippen LogP contribution in [0.4, 0.5) is 15.8 Å². The molecule has 0 aliphatic carbocycles. The minimum atomic E-state index is -3.66. The Labute approximate surface area is 195 Å². The van der Waals surface area contributed by atoms with E-state index >= 15 is 0 Å². The molecule has 3 heterocycles. The number of benzene rings is 1. The second-order valence-electron chi connectivity index (χ2n) is 7.52. The highest BCUT2D eigenvalue weighted by atomic mass is 32.2. The summed E-state index contributed by atoms with van der Waals surface area (Å²) in [4.78, 5) is 13.9. The van der Waals surface area contributed by atoms with Crippen LogP contribution in [0.15, 0.2) is 45.1 Å². The van der Waals surface area contributed by atoms with Crippen molar-refractivity contribution in [1.29, 1.82) is 0 Å². The number of piperazine rings is 1. The van der Waals surface area contributed by atoms with Crippen LogP contribution in [-0.4, -0.2) is 50.0 Å². The van der Waals surface area contributed by atoms with Crippen molar-refractivity contribution < 1.29 is 22.1 Å². The van der Waals surface area contributed by atoms with E-state index < -0.39 is 10.0 Å². The molecule has 11 heteroatoms. The van der Waals surface area contributed by atoms with E-state index in [4.69, 9.17) is 4.52 Å². The zero-order chi connectivity index (χ0) is 23.6. The number of para-hydroxylation sites is 1. The Kier molecular flexibility index (Phi) is 6.63. The Bertz CT molecular complexity index is 1290. The lowest BCUT2D eigenvalue weighted by Gasteiger charge is -2.35. The van der Waals surface area contributed by atoms with Crippen LogP contribution in [0, 0.1) is 12.7 Å². The number of sulfonamides is 1. The number of amides is 1. The van der Waals surface area contributed by atoms with Crippen LogP contribution in [0.1, 0.15) is 23.3 Å². The summed E-state index contributed by atoms with van der Waals surface area (Å²) in [7, 11) is -3.66. The van der Waals surface area contributed by atoms with Gasteiger partial charge in [0.25, 0.3) is 10.0 Å². The lowest BCUT2D eigenvalue weighted by Crippen LogP contribution is -2.48. The predicted octanol–water partition coefficient (Wildman–Crippen LogP) is 3.82. The van der Waals surface area contributed by atoms with Gasteiger partial charge in [-0.2, -0.15) is 4.31 Å². The molecule has 1 aromatic carbocycles. The molecule has 0 spiro atoms. The molecule has 174 valence electrons. The van der Waals surface area contributed by atoms with Crippen LogP contribution in [0.5, 0.6) is 0 Å². The largest absolute Gasteiger partial charge is 0.367 e. The van der Waals surface area contributed by atoms with Crippen molar-refractivity contribution in [2.75, 3.05) is 36.4 Å². The third-order valence-corrected chi connectivity index (χ3v) is 8.63. The first kappa shape index (κ1) is 23.1. The summed E-state index contributed by atoms with van der Waals surface area (Å²) in [6.07, 6.45) is 3.35. The Hall–Kier alpha value is -3.02. The summed E-state index contributed by atoms with van der Waals surface area (Å²) < 4.78 is 47.2. The smallest absolute Gasteiger partial charge is 0.252 e. The molecule has 0 atom stereocenters. The number of hydrogen-bond acceptors (Lipinski definition) is 7. The summed E-state index contributed by atoms with van der Waals surface area (Å²) in [5.41, 5.74) is 1.52. The van der Waals surface area contributed by atoms with Gasteiger partial charge in [0, 0.05) is 38.0 Å². The second-order valence-corrected chi connectivity index (χ2v) is 10.8. The Morgan fingerprint density at radius 2 is 1.88 bits per heavy atom. The molecule has 3 aromatic rings. The quantitative estimate of drug-likeness (QED) is 0.564. The van der Waals surface area contributed by atoms with Gasteiger partial charge in [-0.05, 0) is 43.3 Å².